The van der Waals surface area contributed by atoms with Gasteiger partial charge in [-0.3, -0.25) is 4.98 Å². The van der Waals surface area contributed by atoms with Crippen LogP contribution in [0.1, 0.15) is 42.9 Å². The van der Waals surface area contributed by atoms with E-state index >= 15 is 0 Å². The summed E-state index contributed by atoms with van der Waals surface area (Å²) in [5, 5.41) is 0. The number of hydrogen-bond acceptors (Lipinski definition) is 7. The summed E-state index contributed by atoms with van der Waals surface area (Å²) < 4.78 is 42.3. The fourth-order valence-electron chi connectivity index (χ4n) is 5.04. The van der Waals surface area contributed by atoms with Crippen LogP contribution < -0.4 is 19.9 Å². The van der Waals surface area contributed by atoms with E-state index in [1.165, 1.54) is 25.2 Å². The third kappa shape index (κ3) is 6.57. The number of benzene rings is 3. The fourth-order valence-corrected chi connectivity index (χ4v) is 5.70. The zero-order chi connectivity index (χ0) is 28.1. The topological polar surface area (TPSA) is 101 Å². The maximum atomic E-state index is 11.9. The molecule has 1 aliphatic carbocycles. The van der Waals surface area contributed by atoms with Crippen molar-refractivity contribution in [3.63, 3.8) is 0 Å². The van der Waals surface area contributed by atoms with E-state index in [9.17, 15) is 8.42 Å². The maximum Gasteiger partial charge on any atom is 0.175 e. The highest BCUT2D eigenvalue weighted by atomic mass is 32.2. The second-order valence-electron chi connectivity index (χ2n) is 10.1. The van der Waals surface area contributed by atoms with Gasteiger partial charge in [-0.05, 0) is 90.9 Å². The van der Waals surface area contributed by atoms with Gasteiger partial charge in [-0.2, -0.15) is 0 Å². The Morgan fingerprint density at radius 3 is 2.30 bits per heavy atom. The van der Waals surface area contributed by atoms with Crippen LogP contribution in [0, 0.1) is 0 Å². The van der Waals surface area contributed by atoms with Gasteiger partial charge in [0.2, 0.25) is 0 Å². The van der Waals surface area contributed by atoms with Crippen molar-refractivity contribution in [2.24, 2.45) is 0 Å². The second-order valence-corrected chi connectivity index (χ2v) is 12.2. The normalized spacial score (nSPS) is 14.6. The van der Waals surface area contributed by atoms with Crippen LogP contribution in [0.5, 0.6) is 17.2 Å². The first kappa shape index (κ1) is 27.5. The highest BCUT2D eigenvalue weighted by Gasteiger charge is 2.22. The molecule has 1 aromatic heterocycles. The van der Waals surface area contributed by atoms with Crippen LogP contribution in [-0.4, -0.2) is 32.9 Å². The molecule has 0 aliphatic heterocycles. The van der Waals surface area contributed by atoms with Crippen molar-refractivity contribution in [1.82, 2.24) is 4.98 Å². The van der Waals surface area contributed by atoms with Gasteiger partial charge >= 0.3 is 0 Å². The predicted molar refractivity (Wildman–Crippen MR) is 157 cm³/mol. The van der Waals surface area contributed by atoms with Crippen molar-refractivity contribution < 1.29 is 22.6 Å². The molecule has 208 valence electrons. The minimum Gasteiger partial charge on any atom is -0.493 e. The highest BCUT2D eigenvalue weighted by Crippen LogP contribution is 2.37. The van der Waals surface area contributed by atoms with Crippen LogP contribution >= 0.6 is 0 Å². The van der Waals surface area contributed by atoms with Gasteiger partial charge in [-0.15, -0.1) is 0 Å². The Bertz CT molecular complexity index is 1550. The summed E-state index contributed by atoms with van der Waals surface area (Å²) in [6, 6.07) is 22.4. The van der Waals surface area contributed by atoms with Crippen LogP contribution in [0.25, 0.3) is 11.1 Å². The Morgan fingerprint density at radius 1 is 0.925 bits per heavy atom. The van der Waals surface area contributed by atoms with Crippen LogP contribution in [0.4, 0.5) is 5.69 Å². The van der Waals surface area contributed by atoms with E-state index in [2.05, 4.69) is 4.98 Å². The fraction of sp³-hybridized carbons (Fsp3) is 0.281. The van der Waals surface area contributed by atoms with Crippen LogP contribution in [0.2, 0.25) is 0 Å². The van der Waals surface area contributed by atoms with E-state index in [0.717, 1.165) is 40.8 Å². The van der Waals surface area contributed by atoms with Gasteiger partial charge in [0, 0.05) is 36.3 Å². The molecule has 4 aromatic rings. The van der Waals surface area contributed by atoms with Crippen molar-refractivity contribution >= 4 is 15.5 Å². The summed E-state index contributed by atoms with van der Waals surface area (Å²) in [7, 11) is -1.67. The molecule has 1 atom stereocenters. The lowest BCUT2D eigenvalue weighted by Crippen LogP contribution is -2.14. The number of rotatable bonds is 10. The summed E-state index contributed by atoms with van der Waals surface area (Å²) in [5.74, 6) is 2.14. The first-order valence-electron chi connectivity index (χ1n) is 13.4. The van der Waals surface area contributed by atoms with Gasteiger partial charge < -0.3 is 19.9 Å². The number of pyridine rings is 1. The number of ether oxygens (including phenoxy) is 3. The van der Waals surface area contributed by atoms with Crippen molar-refractivity contribution in [3.8, 4) is 28.4 Å². The molecule has 40 heavy (non-hydrogen) atoms. The number of methoxy groups -OCH3 is 1. The molecule has 7 nitrogen and oxygen atoms in total. The van der Waals surface area contributed by atoms with E-state index in [4.69, 9.17) is 19.9 Å². The largest absolute Gasteiger partial charge is 0.493 e. The lowest BCUT2D eigenvalue weighted by molar-refractivity contribution is 0.193. The van der Waals surface area contributed by atoms with Gasteiger partial charge in [0.1, 0.15) is 11.9 Å². The summed E-state index contributed by atoms with van der Waals surface area (Å²) in [4.78, 5) is 4.34. The average Bonchev–Trinajstić information content (AvgIpc) is 3.46. The summed E-state index contributed by atoms with van der Waals surface area (Å²) in [6.45, 7) is 0. The smallest absolute Gasteiger partial charge is 0.175 e. The summed E-state index contributed by atoms with van der Waals surface area (Å²) >= 11 is 0. The van der Waals surface area contributed by atoms with E-state index in [1.807, 2.05) is 54.6 Å². The molecule has 0 saturated heterocycles. The minimum atomic E-state index is -3.33. The van der Waals surface area contributed by atoms with Crippen LogP contribution in [0.3, 0.4) is 0 Å². The van der Waals surface area contributed by atoms with Crippen molar-refractivity contribution in [1.29, 1.82) is 0 Å². The molecule has 1 saturated carbocycles. The molecule has 8 heteroatoms. The third-order valence-corrected chi connectivity index (χ3v) is 8.33. The summed E-state index contributed by atoms with van der Waals surface area (Å²) in [6.07, 6.45) is 9.76. The maximum absolute atomic E-state index is 11.9. The molecule has 0 radical (unpaired) electrons. The molecular formula is C32H34N2O5S. The molecule has 1 unspecified atom stereocenters. The standard InChI is InChI=1S/C32H34N2O5S/c1-37-30-14-9-24(20-32(30)39-25-5-3-4-6-25)31(19-22-15-17-34-18-16-22)38-26-10-7-23(8-11-26)28-13-12-27(21-29(28)33)40(2,35)36/h7-18,20-21,25,31H,3-6,19,33H2,1-2H3. The molecule has 0 spiro atoms. The molecule has 3 aromatic carbocycles. The van der Waals surface area contributed by atoms with Gasteiger partial charge in [0.15, 0.2) is 21.3 Å². The van der Waals surface area contributed by atoms with E-state index in [1.54, 1.807) is 31.6 Å². The lowest BCUT2D eigenvalue weighted by atomic mass is 10.0. The SMILES string of the molecule is COc1ccc(C(Cc2ccncc2)Oc2ccc(-c3ccc(S(C)(=O)=O)cc3N)cc2)cc1OC1CCCC1. The van der Waals surface area contributed by atoms with E-state index in [-0.39, 0.29) is 17.1 Å². The Morgan fingerprint density at radius 2 is 1.65 bits per heavy atom. The molecule has 1 fully saturated rings. The van der Waals surface area contributed by atoms with Gasteiger partial charge in [-0.25, -0.2) is 8.42 Å². The molecule has 0 bridgehead atoms. The number of nitrogens with two attached hydrogens (primary N) is 1. The minimum absolute atomic E-state index is 0.198. The predicted octanol–water partition coefficient (Wildman–Crippen LogP) is 6.43. The highest BCUT2D eigenvalue weighted by molar-refractivity contribution is 7.90. The van der Waals surface area contributed by atoms with Gasteiger partial charge in [0.05, 0.1) is 18.1 Å². The number of hydrogen-bond donors (Lipinski definition) is 1. The van der Waals surface area contributed by atoms with Crippen molar-refractivity contribution in [2.45, 2.75) is 49.2 Å². The van der Waals surface area contributed by atoms with Crippen LogP contribution in [0.15, 0.2) is 90.1 Å². The monoisotopic (exact) mass is 558 g/mol. The Labute approximate surface area is 235 Å². The molecule has 2 N–H and O–H groups in total. The Balaban J connectivity index is 1.42. The van der Waals surface area contributed by atoms with Gasteiger partial charge in [-0.1, -0.05) is 24.3 Å². The van der Waals surface area contributed by atoms with Gasteiger partial charge in [0.25, 0.3) is 0 Å². The molecular weight excluding hydrogens is 524 g/mol. The molecule has 1 aliphatic rings. The lowest BCUT2D eigenvalue weighted by Gasteiger charge is -2.23. The Hall–Kier alpha value is -4.04. The Kier molecular flexibility index (Phi) is 8.26. The number of nitrogen functional groups attached to an aromatic ring is 1. The molecule has 5 rings (SSSR count). The van der Waals surface area contributed by atoms with E-state index < -0.39 is 9.84 Å². The average molecular weight is 559 g/mol. The molecule has 0 amide bonds. The number of anilines is 1. The second kappa shape index (κ2) is 12.0. The zero-order valence-corrected chi connectivity index (χ0v) is 23.6. The quantitative estimate of drug-likeness (QED) is 0.224. The first-order chi connectivity index (χ1) is 19.3. The summed E-state index contributed by atoms with van der Waals surface area (Å²) in [5.41, 5.74) is 10.3. The number of nitrogens with zero attached hydrogens (tertiary/aromatic N) is 1. The third-order valence-electron chi connectivity index (χ3n) is 7.22. The van der Waals surface area contributed by atoms with Crippen LogP contribution in [-0.2, 0) is 16.3 Å². The molecule has 1 heterocycles. The van der Waals surface area contributed by atoms with Crippen molar-refractivity contribution in [3.05, 3.63) is 96.3 Å². The number of aromatic nitrogens is 1. The van der Waals surface area contributed by atoms with E-state index in [0.29, 0.717) is 23.6 Å². The van der Waals surface area contributed by atoms with Crippen molar-refractivity contribution in [2.75, 3.05) is 19.1 Å². The zero-order valence-electron chi connectivity index (χ0n) is 22.7. The number of sulfone groups is 1. The first-order valence-corrected chi connectivity index (χ1v) is 15.3.